The minimum absolute atomic E-state index is 0.101. The van der Waals surface area contributed by atoms with Gasteiger partial charge in [-0.15, -0.1) is 0 Å². The molecule has 0 spiro atoms. The molecule has 0 fully saturated rings. The molecule has 2 heterocycles. The number of ether oxygens (including phenoxy) is 5. The van der Waals surface area contributed by atoms with Gasteiger partial charge in [0.2, 0.25) is 11.5 Å². The zero-order chi connectivity index (χ0) is 25.8. The molecule has 2 unspecified atom stereocenters. The van der Waals surface area contributed by atoms with E-state index in [0.717, 1.165) is 6.07 Å². The summed E-state index contributed by atoms with van der Waals surface area (Å²) < 4.78 is 31.4. The van der Waals surface area contributed by atoms with Crippen LogP contribution in [0, 0.1) is 0 Å². The Bertz CT molecular complexity index is 1390. The molecule has 1 aliphatic rings. The lowest BCUT2D eigenvalue weighted by molar-refractivity contribution is -0.138. The van der Waals surface area contributed by atoms with Crippen molar-refractivity contribution in [3.63, 3.8) is 0 Å². The van der Waals surface area contributed by atoms with Crippen molar-refractivity contribution in [2.75, 3.05) is 27.4 Å². The second kappa shape index (κ2) is 10.5. The van der Waals surface area contributed by atoms with Gasteiger partial charge in [0.1, 0.15) is 53.6 Å². The van der Waals surface area contributed by atoms with Crippen LogP contribution in [-0.4, -0.2) is 55.7 Å². The molecule has 3 aromatic rings. The van der Waals surface area contributed by atoms with Crippen molar-refractivity contribution in [1.29, 1.82) is 0 Å². The number of hydrogen-bond donors (Lipinski definition) is 2. The lowest BCUT2D eigenvalue weighted by Crippen LogP contribution is -2.26. The third-order valence-electron chi connectivity index (χ3n) is 5.20. The quantitative estimate of drug-likeness (QED) is 0.438. The van der Waals surface area contributed by atoms with Crippen LogP contribution in [0.2, 0.25) is 0 Å². The SMILES string of the molecule is COC(=O)C1=CC(O)c2c(OCC(O)COc3cccc4oc(C(=O)OC)cc(=O)c34)cccc2O1. The van der Waals surface area contributed by atoms with Crippen LogP contribution < -0.4 is 19.6 Å². The Morgan fingerprint density at radius 2 is 1.67 bits per heavy atom. The van der Waals surface area contributed by atoms with Gasteiger partial charge in [-0.2, -0.15) is 0 Å². The number of carbonyl (C=O) groups is 2. The number of fused-ring (bicyclic) bond motifs is 2. The van der Waals surface area contributed by atoms with E-state index in [1.54, 1.807) is 24.3 Å². The van der Waals surface area contributed by atoms with Crippen LogP contribution in [0.3, 0.4) is 0 Å². The van der Waals surface area contributed by atoms with Gasteiger partial charge in [0.05, 0.1) is 19.8 Å². The van der Waals surface area contributed by atoms with E-state index in [2.05, 4.69) is 9.47 Å². The molecular formula is C25H22O11. The summed E-state index contributed by atoms with van der Waals surface area (Å²) in [5, 5.41) is 21.0. The summed E-state index contributed by atoms with van der Waals surface area (Å²) in [4.78, 5) is 36.0. The summed E-state index contributed by atoms with van der Waals surface area (Å²) in [5.41, 5.74) is -0.107. The summed E-state index contributed by atoms with van der Waals surface area (Å²) in [5.74, 6) is -1.32. The maximum Gasteiger partial charge on any atom is 0.374 e. The van der Waals surface area contributed by atoms with Crippen LogP contribution in [0.1, 0.15) is 22.2 Å². The largest absolute Gasteiger partial charge is 0.490 e. The standard InChI is InChI=1S/C25H22O11/c1-31-24(29)20-9-14(27)22-16(5-3-7-18(22)35-20)33-11-13(26)12-34-17-6-4-8-19-23(17)15(28)10-21(36-19)25(30)32-2/h3-10,13-14,26-27H,11-12H2,1-2H3. The predicted octanol–water partition coefficient (Wildman–Crippen LogP) is 1.88. The summed E-state index contributed by atoms with van der Waals surface area (Å²) in [6.45, 7) is -0.458. The van der Waals surface area contributed by atoms with Gasteiger partial charge >= 0.3 is 11.9 Å². The zero-order valence-corrected chi connectivity index (χ0v) is 19.3. The number of aliphatic hydroxyl groups is 2. The molecule has 0 saturated heterocycles. The van der Waals surface area contributed by atoms with Gasteiger partial charge in [0, 0.05) is 6.07 Å². The van der Waals surface area contributed by atoms with Crippen LogP contribution in [0.4, 0.5) is 0 Å². The molecule has 0 bridgehead atoms. The molecule has 2 aromatic carbocycles. The third kappa shape index (κ3) is 5.02. The van der Waals surface area contributed by atoms with Crippen LogP contribution in [-0.2, 0) is 14.3 Å². The maximum atomic E-state index is 12.5. The first-order valence-corrected chi connectivity index (χ1v) is 10.7. The first-order chi connectivity index (χ1) is 17.3. The van der Waals surface area contributed by atoms with Crippen molar-refractivity contribution in [3.05, 3.63) is 75.8 Å². The highest BCUT2D eigenvalue weighted by Crippen LogP contribution is 2.39. The Morgan fingerprint density at radius 3 is 2.39 bits per heavy atom. The zero-order valence-electron chi connectivity index (χ0n) is 19.3. The number of methoxy groups -OCH3 is 2. The molecule has 0 saturated carbocycles. The molecule has 11 heteroatoms. The monoisotopic (exact) mass is 498 g/mol. The highest BCUT2D eigenvalue weighted by Gasteiger charge is 2.28. The van der Waals surface area contributed by atoms with Gasteiger partial charge in [0.25, 0.3) is 0 Å². The Labute approximate surface area is 204 Å². The average Bonchev–Trinajstić information content (AvgIpc) is 2.89. The van der Waals surface area contributed by atoms with Gasteiger partial charge in [-0.1, -0.05) is 12.1 Å². The number of esters is 2. The van der Waals surface area contributed by atoms with E-state index >= 15 is 0 Å². The molecule has 1 aliphatic heterocycles. The Kier molecular flexibility index (Phi) is 7.23. The smallest absolute Gasteiger partial charge is 0.374 e. The van der Waals surface area contributed by atoms with E-state index in [0.29, 0.717) is 0 Å². The Hall–Kier alpha value is -4.35. The second-order valence-corrected chi connectivity index (χ2v) is 7.61. The fourth-order valence-corrected chi connectivity index (χ4v) is 3.54. The predicted molar refractivity (Wildman–Crippen MR) is 123 cm³/mol. The van der Waals surface area contributed by atoms with Crippen LogP contribution in [0.5, 0.6) is 17.2 Å². The summed E-state index contributed by atoms with van der Waals surface area (Å²) >= 11 is 0. The maximum absolute atomic E-state index is 12.5. The summed E-state index contributed by atoms with van der Waals surface area (Å²) in [7, 11) is 2.37. The first kappa shape index (κ1) is 24.8. The van der Waals surface area contributed by atoms with E-state index in [-0.39, 0.29) is 58.5 Å². The lowest BCUT2D eigenvalue weighted by atomic mass is 10.0. The van der Waals surface area contributed by atoms with Crippen LogP contribution >= 0.6 is 0 Å². The Morgan fingerprint density at radius 1 is 1.00 bits per heavy atom. The van der Waals surface area contributed by atoms with Crippen LogP contribution in [0.15, 0.2) is 63.5 Å². The van der Waals surface area contributed by atoms with Gasteiger partial charge < -0.3 is 38.3 Å². The van der Waals surface area contributed by atoms with E-state index in [1.807, 2.05) is 0 Å². The van der Waals surface area contributed by atoms with E-state index in [1.165, 1.54) is 32.4 Å². The van der Waals surface area contributed by atoms with E-state index < -0.39 is 29.6 Å². The Balaban J connectivity index is 1.44. The van der Waals surface area contributed by atoms with Crippen molar-refractivity contribution < 1.29 is 47.9 Å². The summed E-state index contributed by atoms with van der Waals surface area (Å²) in [6.07, 6.45) is -1.13. The molecule has 0 radical (unpaired) electrons. The van der Waals surface area contributed by atoms with Crippen LogP contribution in [0.25, 0.3) is 11.0 Å². The number of carbonyl (C=O) groups excluding carboxylic acids is 2. The van der Waals surface area contributed by atoms with Gasteiger partial charge in [-0.3, -0.25) is 4.79 Å². The molecule has 0 amide bonds. The molecular weight excluding hydrogens is 476 g/mol. The van der Waals surface area contributed by atoms with Gasteiger partial charge in [-0.05, 0) is 30.3 Å². The normalized spacial score (nSPS) is 15.2. The van der Waals surface area contributed by atoms with E-state index in [4.69, 9.17) is 18.6 Å². The van der Waals surface area contributed by atoms with Gasteiger partial charge in [-0.25, -0.2) is 9.59 Å². The minimum atomic E-state index is -1.20. The molecule has 2 atom stereocenters. The minimum Gasteiger partial charge on any atom is -0.490 e. The van der Waals surface area contributed by atoms with Crippen molar-refractivity contribution in [2.24, 2.45) is 0 Å². The molecule has 188 valence electrons. The highest BCUT2D eigenvalue weighted by atomic mass is 16.6. The number of benzene rings is 2. The van der Waals surface area contributed by atoms with Crippen molar-refractivity contribution in [2.45, 2.75) is 12.2 Å². The number of aliphatic hydroxyl groups excluding tert-OH is 2. The second-order valence-electron chi connectivity index (χ2n) is 7.61. The lowest BCUT2D eigenvalue weighted by Gasteiger charge is -2.23. The summed E-state index contributed by atoms with van der Waals surface area (Å²) in [6, 6.07) is 10.3. The molecule has 4 rings (SSSR count). The molecule has 36 heavy (non-hydrogen) atoms. The number of rotatable bonds is 8. The van der Waals surface area contributed by atoms with Crippen molar-refractivity contribution in [3.8, 4) is 17.2 Å². The van der Waals surface area contributed by atoms with Crippen molar-refractivity contribution >= 4 is 22.9 Å². The third-order valence-corrected chi connectivity index (χ3v) is 5.20. The molecule has 0 aliphatic carbocycles. The molecule has 11 nitrogen and oxygen atoms in total. The molecule has 2 N–H and O–H groups in total. The van der Waals surface area contributed by atoms with E-state index in [9.17, 15) is 24.6 Å². The number of hydrogen-bond acceptors (Lipinski definition) is 11. The molecule has 1 aromatic heterocycles. The average molecular weight is 498 g/mol. The first-order valence-electron chi connectivity index (χ1n) is 10.7. The highest BCUT2D eigenvalue weighted by molar-refractivity contribution is 5.90. The topological polar surface area (TPSA) is 151 Å². The fourth-order valence-electron chi connectivity index (χ4n) is 3.54. The van der Waals surface area contributed by atoms with Crippen molar-refractivity contribution in [1.82, 2.24) is 0 Å². The van der Waals surface area contributed by atoms with Gasteiger partial charge in [0.15, 0.2) is 5.43 Å². The fraction of sp³-hybridized carbons (Fsp3) is 0.240.